The summed E-state index contributed by atoms with van der Waals surface area (Å²) in [7, 11) is 1.17. The average molecular weight is 340 g/mol. The molecule has 0 aliphatic heterocycles. The van der Waals surface area contributed by atoms with Crippen LogP contribution in [-0.4, -0.2) is 40.8 Å². The highest BCUT2D eigenvalue weighted by atomic mass is 16.6. The summed E-state index contributed by atoms with van der Waals surface area (Å²) < 4.78 is 9.71. The average Bonchev–Trinajstić information content (AvgIpc) is 2.43. The third-order valence-electron chi connectivity index (χ3n) is 2.85. The maximum Gasteiger partial charge on any atom is 0.408 e. The zero-order valence-corrected chi connectivity index (χ0v) is 13.9. The molecule has 24 heavy (non-hydrogen) atoms. The normalized spacial score (nSPS) is 12.2. The third kappa shape index (κ3) is 5.75. The van der Waals surface area contributed by atoms with Crippen LogP contribution in [0.2, 0.25) is 0 Å². The van der Waals surface area contributed by atoms with Crippen LogP contribution in [0, 0.1) is 10.1 Å². The third-order valence-corrected chi connectivity index (χ3v) is 2.85. The largest absolute Gasteiger partial charge is 0.502 e. The highest BCUT2D eigenvalue weighted by molar-refractivity contribution is 5.81. The second kappa shape index (κ2) is 7.62. The molecule has 0 heterocycles. The van der Waals surface area contributed by atoms with Crippen molar-refractivity contribution in [3.8, 4) is 5.75 Å². The first-order valence-corrected chi connectivity index (χ1v) is 7.07. The van der Waals surface area contributed by atoms with E-state index in [1.165, 1.54) is 13.2 Å². The number of aromatic hydroxyl groups is 1. The minimum atomic E-state index is -1.06. The topological polar surface area (TPSA) is 128 Å². The summed E-state index contributed by atoms with van der Waals surface area (Å²) in [5.41, 5.74) is -0.783. The molecule has 0 fully saturated rings. The van der Waals surface area contributed by atoms with Gasteiger partial charge >= 0.3 is 17.7 Å². The van der Waals surface area contributed by atoms with E-state index in [-0.39, 0.29) is 6.42 Å². The molecule has 1 atom stereocenters. The Bertz CT molecular complexity index is 637. The first-order valence-electron chi connectivity index (χ1n) is 7.07. The number of hydrogen-bond donors (Lipinski definition) is 2. The van der Waals surface area contributed by atoms with Gasteiger partial charge in [0.25, 0.3) is 0 Å². The van der Waals surface area contributed by atoms with Gasteiger partial charge in [0.15, 0.2) is 5.75 Å². The van der Waals surface area contributed by atoms with E-state index in [9.17, 15) is 24.8 Å². The van der Waals surface area contributed by atoms with E-state index in [1.807, 2.05) is 0 Å². The molecule has 1 aromatic rings. The molecule has 0 aromatic heterocycles. The number of amides is 1. The fourth-order valence-corrected chi connectivity index (χ4v) is 1.87. The monoisotopic (exact) mass is 340 g/mol. The number of phenols is 1. The minimum absolute atomic E-state index is 0.0303. The molecule has 1 aromatic carbocycles. The van der Waals surface area contributed by atoms with Gasteiger partial charge in [0.2, 0.25) is 0 Å². The molecule has 9 heteroatoms. The number of alkyl carbamates (subject to hydrolysis) is 1. The maximum absolute atomic E-state index is 11.8. The van der Waals surface area contributed by atoms with Crippen molar-refractivity contribution in [3.05, 3.63) is 33.9 Å². The highest BCUT2D eigenvalue weighted by Crippen LogP contribution is 2.26. The zero-order chi connectivity index (χ0) is 18.5. The van der Waals surface area contributed by atoms with E-state index in [1.54, 1.807) is 20.8 Å². The van der Waals surface area contributed by atoms with Crippen LogP contribution in [0.15, 0.2) is 18.2 Å². The summed E-state index contributed by atoms with van der Waals surface area (Å²) in [6, 6.07) is 2.59. The van der Waals surface area contributed by atoms with Gasteiger partial charge in [-0.05, 0) is 32.4 Å². The van der Waals surface area contributed by atoms with Crippen LogP contribution in [0.25, 0.3) is 0 Å². The van der Waals surface area contributed by atoms with Crippen LogP contribution >= 0.6 is 0 Å². The van der Waals surface area contributed by atoms with Crippen molar-refractivity contribution in [2.75, 3.05) is 7.11 Å². The number of nitro groups is 1. The lowest BCUT2D eigenvalue weighted by atomic mass is 10.1. The number of rotatable bonds is 5. The Morgan fingerprint density at radius 2 is 2.00 bits per heavy atom. The molecule has 9 nitrogen and oxygen atoms in total. The second-order valence-electron chi connectivity index (χ2n) is 6.01. The van der Waals surface area contributed by atoms with Crippen molar-refractivity contribution in [3.63, 3.8) is 0 Å². The van der Waals surface area contributed by atoms with Crippen molar-refractivity contribution >= 4 is 17.7 Å². The number of carbonyl (C=O) groups is 2. The number of carbonyl (C=O) groups excluding carboxylic acids is 2. The van der Waals surface area contributed by atoms with E-state index >= 15 is 0 Å². The lowest BCUT2D eigenvalue weighted by molar-refractivity contribution is -0.385. The van der Waals surface area contributed by atoms with Gasteiger partial charge in [-0.2, -0.15) is 0 Å². The van der Waals surface area contributed by atoms with E-state index < -0.39 is 40.1 Å². The molecular formula is C15H20N2O7. The number of esters is 1. The molecule has 0 aliphatic carbocycles. The summed E-state index contributed by atoms with van der Waals surface area (Å²) in [5.74, 6) is -1.24. The Morgan fingerprint density at radius 3 is 2.46 bits per heavy atom. The number of methoxy groups -OCH3 is 1. The van der Waals surface area contributed by atoms with Crippen LogP contribution in [0.1, 0.15) is 26.3 Å². The van der Waals surface area contributed by atoms with Gasteiger partial charge in [-0.3, -0.25) is 10.1 Å². The molecule has 0 radical (unpaired) electrons. The van der Waals surface area contributed by atoms with E-state index in [2.05, 4.69) is 10.1 Å². The van der Waals surface area contributed by atoms with Gasteiger partial charge in [0.05, 0.1) is 12.0 Å². The van der Waals surface area contributed by atoms with Gasteiger partial charge in [0.1, 0.15) is 11.6 Å². The predicted molar refractivity (Wildman–Crippen MR) is 83.6 cm³/mol. The van der Waals surface area contributed by atoms with E-state index in [0.717, 1.165) is 12.1 Å². The number of nitro benzene ring substituents is 1. The first-order chi connectivity index (χ1) is 11.0. The molecule has 1 amide bonds. The van der Waals surface area contributed by atoms with Gasteiger partial charge in [0, 0.05) is 12.5 Å². The second-order valence-corrected chi connectivity index (χ2v) is 6.01. The quantitative estimate of drug-likeness (QED) is 0.476. The van der Waals surface area contributed by atoms with Gasteiger partial charge in [-0.15, -0.1) is 0 Å². The summed E-state index contributed by atoms with van der Waals surface area (Å²) in [4.78, 5) is 33.6. The molecule has 0 saturated carbocycles. The summed E-state index contributed by atoms with van der Waals surface area (Å²) >= 11 is 0. The lowest BCUT2D eigenvalue weighted by Gasteiger charge is -2.22. The molecule has 2 N–H and O–H groups in total. The molecule has 132 valence electrons. The number of phenolic OH excluding ortho intramolecular Hbond substituents is 1. The van der Waals surface area contributed by atoms with Crippen molar-refractivity contribution in [1.82, 2.24) is 5.32 Å². The van der Waals surface area contributed by atoms with Crippen LogP contribution in [0.3, 0.4) is 0 Å². The number of ether oxygens (including phenoxy) is 2. The van der Waals surface area contributed by atoms with E-state index in [4.69, 9.17) is 4.74 Å². The predicted octanol–water partition coefficient (Wildman–Crippen LogP) is 1.91. The Hall–Kier alpha value is -2.84. The Labute approximate surface area is 138 Å². The lowest BCUT2D eigenvalue weighted by Crippen LogP contribution is -2.45. The van der Waals surface area contributed by atoms with Crippen LogP contribution in [0.5, 0.6) is 5.75 Å². The van der Waals surface area contributed by atoms with Crippen LogP contribution in [0.4, 0.5) is 10.5 Å². The Morgan fingerprint density at radius 1 is 1.38 bits per heavy atom. The fourth-order valence-electron chi connectivity index (χ4n) is 1.87. The number of nitrogens with zero attached hydrogens (tertiary/aromatic N) is 1. The molecule has 0 aliphatic rings. The van der Waals surface area contributed by atoms with Crippen LogP contribution in [-0.2, 0) is 20.7 Å². The molecule has 0 bridgehead atoms. The minimum Gasteiger partial charge on any atom is -0.502 e. The number of nitrogens with one attached hydrogen (secondary N) is 1. The van der Waals surface area contributed by atoms with Crippen molar-refractivity contribution in [2.24, 2.45) is 0 Å². The number of hydrogen-bond acceptors (Lipinski definition) is 7. The highest BCUT2D eigenvalue weighted by Gasteiger charge is 2.26. The van der Waals surface area contributed by atoms with Crippen LogP contribution < -0.4 is 5.32 Å². The molecular weight excluding hydrogens is 320 g/mol. The Kier molecular flexibility index (Phi) is 6.10. The van der Waals surface area contributed by atoms with Crippen molar-refractivity contribution in [1.29, 1.82) is 0 Å². The van der Waals surface area contributed by atoms with Gasteiger partial charge in [-0.25, -0.2) is 9.59 Å². The SMILES string of the molecule is COC(=O)[C@H](Cc1ccc([N+](=O)[O-])c(O)c1)NC(=O)OC(C)(C)C. The van der Waals surface area contributed by atoms with Gasteiger partial charge < -0.3 is 19.9 Å². The molecule has 0 saturated heterocycles. The number of benzene rings is 1. The summed E-state index contributed by atoms with van der Waals surface area (Å²) in [6.07, 6.45) is -0.832. The summed E-state index contributed by atoms with van der Waals surface area (Å²) in [6.45, 7) is 5.02. The van der Waals surface area contributed by atoms with Crippen molar-refractivity contribution < 1.29 is 29.1 Å². The molecule has 1 rings (SSSR count). The molecule has 0 unspecified atom stereocenters. The zero-order valence-electron chi connectivity index (χ0n) is 13.9. The standard InChI is InChI=1S/C15H20N2O7/c1-15(2,3)24-14(20)16-10(13(19)23-4)7-9-5-6-11(17(21)22)12(18)8-9/h5-6,8,10,18H,7H2,1-4H3,(H,16,20)/t10-/m0/s1. The Balaban J connectivity index is 2.91. The molecule has 0 spiro atoms. The van der Waals surface area contributed by atoms with Gasteiger partial charge in [-0.1, -0.05) is 6.07 Å². The maximum atomic E-state index is 11.8. The smallest absolute Gasteiger partial charge is 0.408 e. The first kappa shape index (κ1) is 19.2. The fraction of sp³-hybridized carbons (Fsp3) is 0.467. The summed E-state index contributed by atoms with van der Waals surface area (Å²) in [5, 5.41) is 22.7. The van der Waals surface area contributed by atoms with E-state index in [0.29, 0.717) is 5.56 Å². The van der Waals surface area contributed by atoms with Crippen molar-refractivity contribution in [2.45, 2.75) is 38.8 Å².